The van der Waals surface area contributed by atoms with Crippen molar-refractivity contribution in [2.75, 3.05) is 0 Å². The van der Waals surface area contributed by atoms with Gasteiger partial charge in [0.25, 0.3) is 15.9 Å². The maximum atomic E-state index is 12.0. The van der Waals surface area contributed by atoms with E-state index in [1.807, 2.05) is 4.83 Å². The molecule has 1 aromatic carbocycles. The van der Waals surface area contributed by atoms with Gasteiger partial charge in [-0.05, 0) is 25.1 Å². The van der Waals surface area contributed by atoms with Gasteiger partial charge in [-0.1, -0.05) is 6.07 Å². The number of aromatic hydroxyl groups is 1. The van der Waals surface area contributed by atoms with E-state index in [2.05, 4.69) is 10.5 Å². The minimum absolute atomic E-state index is 0.0267. The van der Waals surface area contributed by atoms with Gasteiger partial charge in [-0.3, -0.25) is 14.9 Å². The van der Waals surface area contributed by atoms with Gasteiger partial charge in [-0.2, -0.15) is 5.10 Å². The zero-order valence-corrected chi connectivity index (χ0v) is 12.2. The highest BCUT2D eigenvalue weighted by molar-refractivity contribution is 7.89. The number of carbonyl (C=O) groups is 1. The number of amides is 1. The summed E-state index contributed by atoms with van der Waals surface area (Å²) in [5, 5.41) is 13.1. The minimum Gasteiger partial charge on any atom is -0.508 e. The fraction of sp³-hybridized carbons (Fsp3) is 0.167. The number of rotatable bonds is 4. The standard InChI is InChI=1S/C12H14N4O4S/c1-8-11(7-13-16(8)2)21(19,20)15-14-12(18)9-4-3-5-10(17)6-9/h3-7,15,17H,1-2H3,(H,14,18). The van der Waals surface area contributed by atoms with Crippen molar-refractivity contribution >= 4 is 15.9 Å². The second-order valence-electron chi connectivity index (χ2n) is 4.33. The fourth-order valence-corrected chi connectivity index (χ4v) is 2.67. The quantitative estimate of drug-likeness (QED) is 0.691. The van der Waals surface area contributed by atoms with Gasteiger partial charge in [0, 0.05) is 12.6 Å². The summed E-state index contributed by atoms with van der Waals surface area (Å²) in [5.41, 5.74) is 2.64. The summed E-state index contributed by atoms with van der Waals surface area (Å²) in [6.07, 6.45) is 1.19. The van der Waals surface area contributed by atoms with Gasteiger partial charge in [0.1, 0.15) is 10.6 Å². The molecule has 0 aliphatic carbocycles. The molecule has 1 amide bonds. The van der Waals surface area contributed by atoms with Gasteiger partial charge in [-0.15, -0.1) is 4.83 Å². The van der Waals surface area contributed by atoms with Crippen LogP contribution in [0.2, 0.25) is 0 Å². The van der Waals surface area contributed by atoms with Crippen LogP contribution in [0.3, 0.4) is 0 Å². The smallest absolute Gasteiger partial charge is 0.266 e. The second-order valence-corrected chi connectivity index (χ2v) is 5.98. The van der Waals surface area contributed by atoms with Crippen LogP contribution in [-0.4, -0.2) is 29.2 Å². The van der Waals surface area contributed by atoms with Crippen LogP contribution in [-0.2, 0) is 17.1 Å². The monoisotopic (exact) mass is 310 g/mol. The summed E-state index contributed by atoms with van der Waals surface area (Å²) >= 11 is 0. The number of phenols is 1. The number of carbonyl (C=O) groups excluding carboxylic acids is 1. The van der Waals surface area contributed by atoms with E-state index in [0.29, 0.717) is 5.69 Å². The summed E-state index contributed by atoms with van der Waals surface area (Å²) in [6.45, 7) is 1.60. The highest BCUT2D eigenvalue weighted by Gasteiger charge is 2.20. The maximum absolute atomic E-state index is 12.0. The normalized spacial score (nSPS) is 11.3. The molecular formula is C12H14N4O4S. The number of nitrogens with one attached hydrogen (secondary N) is 2. The lowest BCUT2D eigenvalue weighted by Gasteiger charge is -2.08. The zero-order chi connectivity index (χ0) is 15.6. The molecule has 0 radical (unpaired) electrons. The number of sulfonamides is 1. The number of hydrogen-bond acceptors (Lipinski definition) is 5. The average molecular weight is 310 g/mol. The van der Waals surface area contributed by atoms with Crippen LogP contribution in [0.4, 0.5) is 0 Å². The molecule has 0 saturated carbocycles. The number of hydrazine groups is 1. The van der Waals surface area contributed by atoms with Crippen LogP contribution >= 0.6 is 0 Å². The van der Waals surface area contributed by atoms with Crippen molar-refractivity contribution in [1.82, 2.24) is 20.0 Å². The van der Waals surface area contributed by atoms with Crippen LogP contribution in [0, 0.1) is 6.92 Å². The molecule has 0 unspecified atom stereocenters. The highest BCUT2D eigenvalue weighted by Crippen LogP contribution is 2.13. The van der Waals surface area contributed by atoms with E-state index in [-0.39, 0.29) is 16.2 Å². The van der Waals surface area contributed by atoms with Gasteiger partial charge in [0.2, 0.25) is 0 Å². The van der Waals surface area contributed by atoms with Crippen LogP contribution < -0.4 is 10.3 Å². The predicted octanol–water partition coefficient (Wildman–Crippen LogP) is 0.0574. The molecule has 0 aliphatic rings. The Morgan fingerprint density at radius 2 is 2.10 bits per heavy atom. The molecule has 3 N–H and O–H groups in total. The van der Waals surface area contributed by atoms with Crippen LogP contribution in [0.1, 0.15) is 16.1 Å². The fourth-order valence-electron chi connectivity index (χ4n) is 1.63. The van der Waals surface area contributed by atoms with E-state index in [1.54, 1.807) is 14.0 Å². The molecule has 0 aliphatic heterocycles. The second kappa shape index (κ2) is 5.54. The Hall–Kier alpha value is -2.39. The molecule has 0 atom stereocenters. The first-order chi connectivity index (χ1) is 9.81. The average Bonchev–Trinajstić information content (AvgIpc) is 2.77. The lowest BCUT2D eigenvalue weighted by atomic mass is 10.2. The third-order valence-electron chi connectivity index (χ3n) is 2.89. The maximum Gasteiger partial charge on any atom is 0.266 e. The van der Waals surface area contributed by atoms with E-state index in [0.717, 1.165) is 0 Å². The van der Waals surface area contributed by atoms with Crippen LogP contribution in [0.5, 0.6) is 5.75 Å². The molecule has 1 heterocycles. The molecule has 2 aromatic rings. The Morgan fingerprint density at radius 3 is 2.67 bits per heavy atom. The number of phenolic OH excluding ortho intramolecular Hbond substituents is 1. The summed E-state index contributed by atoms with van der Waals surface area (Å²) in [4.78, 5) is 13.8. The van der Waals surface area contributed by atoms with Crippen molar-refractivity contribution in [3.8, 4) is 5.75 Å². The SMILES string of the molecule is Cc1c(S(=O)(=O)NNC(=O)c2cccc(O)c2)cnn1C. The summed E-state index contributed by atoms with van der Waals surface area (Å²) in [6, 6.07) is 5.54. The first-order valence-electron chi connectivity index (χ1n) is 5.91. The van der Waals surface area contributed by atoms with E-state index in [9.17, 15) is 18.3 Å². The van der Waals surface area contributed by atoms with Crippen molar-refractivity contribution in [2.45, 2.75) is 11.8 Å². The number of aryl methyl sites for hydroxylation is 1. The van der Waals surface area contributed by atoms with Crippen molar-refractivity contribution in [3.05, 3.63) is 41.7 Å². The van der Waals surface area contributed by atoms with Crippen molar-refractivity contribution in [1.29, 1.82) is 0 Å². The Kier molecular flexibility index (Phi) is 3.96. The molecule has 1 aromatic heterocycles. The van der Waals surface area contributed by atoms with Gasteiger partial charge in [0.15, 0.2) is 0 Å². The highest BCUT2D eigenvalue weighted by atomic mass is 32.2. The van der Waals surface area contributed by atoms with Crippen molar-refractivity contribution in [3.63, 3.8) is 0 Å². The van der Waals surface area contributed by atoms with Crippen molar-refractivity contribution in [2.24, 2.45) is 7.05 Å². The third-order valence-corrected chi connectivity index (χ3v) is 4.24. The zero-order valence-electron chi connectivity index (χ0n) is 11.4. The summed E-state index contributed by atoms with van der Waals surface area (Å²) in [7, 11) is -2.30. The number of hydrogen-bond donors (Lipinski definition) is 3. The Morgan fingerprint density at radius 1 is 1.38 bits per heavy atom. The Balaban J connectivity index is 2.12. The summed E-state index contributed by atoms with van der Waals surface area (Å²) < 4.78 is 25.5. The topological polar surface area (TPSA) is 113 Å². The van der Waals surface area contributed by atoms with Gasteiger partial charge in [0.05, 0.1) is 11.9 Å². The largest absolute Gasteiger partial charge is 0.508 e. The Bertz CT molecular complexity index is 782. The summed E-state index contributed by atoms with van der Waals surface area (Å²) in [5.74, 6) is -0.773. The first-order valence-corrected chi connectivity index (χ1v) is 7.39. The number of benzene rings is 1. The molecule has 0 bridgehead atoms. The van der Waals surface area contributed by atoms with E-state index in [4.69, 9.17) is 0 Å². The van der Waals surface area contributed by atoms with E-state index in [1.165, 1.54) is 35.1 Å². The minimum atomic E-state index is -3.91. The predicted molar refractivity (Wildman–Crippen MR) is 73.8 cm³/mol. The molecule has 112 valence electrons. The molecule has 0 fully saturated rings. The van der Waals surface area contributed by atoms with E-state index >= 15 is 0 Å². The number of nitrogens with zero attached hydrogens (tertiary/aromatic N) is 2. The molecule has 8 nitrogen and oxygen atoms in total. The molecule has 9 heteroatoms. The Labute approximate surface area is 121 Å². The van der Waals surface area contributed by atoms with Gasteiger partial charge >= 0.3 is 0 Å². The lowest BCUT2D eigenvalue weighted by molar-refractivity contribution is 0.0944. The molecule has 2 rings (SSSR count). The van der Waals surface area contributed by atoms with Crippen LogP contribution in [0.15, 0.2) is 35.4 Å². The van der Waals surface area contributed by atoms with Crippen molar-refractivity contribution < 1.29 is 18.3 Å². The molecule has 0 spiro atoms. The number of aromatic nitrogens is 2. The van der Waals surface area contributed by atoms with Gasteiger partial charge in [-0.25, -0.2) is 8.42 Å². The third kappa shape index (κ3) is 3.20. The van der Waals surface area contributed by atoms with Crippen LogP contribution in [0.25, 0.3) is 0 Å². The molecular weight excluding hydrogens is 296 g/mol. The molecule has 21 heavy (non-hydrogen) atoms. The lowest BCUT2D eigenvalue weighted by Crippen LogP contribution is -2.41. The van der Waals surface area contributed by atoms with E-state index < -0.39 is 15.9 Å². The molecule has 0 saturated heterocycles. The van der Waals surface area contributed by atoms with Gasteiger partial charge < -0.3 is 5.11 Å². The first kappa shape index (κ1) is 15.0.